The van der Waals surface area contributed by atoms with Gasteiger partial charge in [-0.1, -0.05) is 119 Å². The Morgan fingerprint density at radius 3 is 1.60 bits per heavy atom. The summed E-state index contributed by atoms with van der Waals surface area (Å²) in [6, 6.07) is -0.738. The van der Waals surface area contributed by atoms with Gasteiger partial charge in [0.2, 0.25) is 0 Å². The number of hydrogen-bond acceptors (Lipinski definition) is 7. The summed E-state index contributed by atoms with van der Waals surface area (Å²) in [5.74, 6) is -1.82. The highest BCUT2D eigenvalue weighted by Gasteiger charge is 2.25. The minimum atomic E-state index is -1.14. The highest BCUT2D eigenvalue weighted by Crippen LogP contribution is 2.11. The molecule has 0 aromatic rings. The zero-order chi connectivity index (χ0) is 39.3. The molecular weight excluding hydrogens is 666 g/mol. The first kappa shape index (κ1) is 49.8. The molecule has 0 saturated carbocycles. The molecule has 0 N–H and O–H groups in total. The molecule has 302 valence electrons. The summed E-state index contributed by atoms with van der Waals surface area (Å²) in [6.07, 6.45) is 43.5. The Morgan fingerprint density at radius 2 is 1.06 bits per heavy atom. The fourth-order valence-electron chi connectivity index (χ4n) is 5.37. The first-order valence-corrected chi connectivity index (χ1v) is 20.5. The smallest absolute Gasteiger partial charge is 0.306 e. The third kappa shape index (κ3) is 34.3. The van der Waals surface area contributed by atoms with Gasteiger partial charge in [-0.15, -0.1) is 0 Å². The van der Waals surface area contributed by atoms with E-state index in [0.29, 0.717) is 12.8 Å². The fraction of sp³-hybridized carbons (Fsp3) is 0.667. The lowest BCUT2D eigenvalue weighted by molar-refractivity contribution is -0.889. The molecule has 2 atom stereocenters. The number of ether oxygens (including phenoxy) is 3. The number of hydrogen-bond donors (Lipinski definition) is 0. The van der Waals surface area contributed by atoms with Crippen LogP contribution in [0.2, 0.25) is 0 Å². The molecule has 2 unspecified atom stereocenters. The van der Waals surface area contributed by atoms with Gasteiger partial charge >= 0.3 is 11.9 Å². The van der Waals surface area contributed by atoms with Crippen LogP contribution in [0.4, 0.5) is 0 Å². The van der Waals surface area contributed by atoms with E-state index < -0.39 is 18.1 Å². The van der Waals surface area contributed by atoms with E-state index in [1.54, 1.807) is 21.1 Å². The van der Waals surface area contributed by atoms with Crippen molar-refractivity contribution in [1.82, 2.24) is 0 Å². The molecule has 0 rings (SSSR count). The molecule has 0 aromatic carbocycles. The number of nitrogens with zero attached hydrogens (tertiary/aromatic N) is 1. The van der Waals surface area contributed by atoms with Crippen molar-refractivity contribution in [3.8, 4) is 0 Å². The molecule has 0 aliphatic carbocycles. The third-order valence-electron chi connectivity index (χ3n) is 8.58. The van der Waals surface area contributed by atoms with Gasteiger partial charge in [-0.3, -0.25) is 9.59 Å². The van der Waals surface area contributed by atoms with E-state index in [1.807, 2.05) is 0 Å². The molecule has 8 nitrogen and oxygen atoms in total. The maximum atomic E-state index is 12.7. The molecule has 53 heavy (non-hydrogen) atoms. The number of rotatable bonds is 35. The van der Waals surface area contributed by atoms with Crippen LogP contribution in [0.5, 0.6) is 0 Å². The van der Waals surface area contributed by atoms with Gasteiger partial charge in [0.1, 0.15) is 12.6 Å². The zero-order valence-electron chi connectivity index (χ0n) is 34.2. The molecule has 0 radical (unpaired) electrons. The maximum absolute atomic E-state index is 12.7. The van der Waals surface area contributed by atoms with Crippen LogP contribution < -0.4 is 5.11 Å². The Labute approximate surface area is 323 Å². The van der Waals surface area contributed by atoms with Crippen LogP contribution in [0.25, 0.3) is 0 Å². The Hall–Kier alpha value is -3.23. The normalized spacial score (nSPS) is 13.8. The van der Waals surface area contributed by atoms with E-state index >= 15 is 0 Å². The highest BCUT2D eigenvalue weighted by atomic mass is 16.6. The van der Waals surface area contributed by atoms with Crippen LogP contribution >= 0.6 is 0 Å². The SMILES string of the molecule is CC/C=C\C/C=C\C/C=C\C/C=C\CCCCC(=O)OC(COCCC(C(=O)[O-])[N+](C)(C)C)COC(=O)CCCCCCC/C=C\C/C=C\CCCC. The van der Waals surface area contributed by atoms with Crippen molar-refractivity contribution in [2.75, 3.05) is 41.0 Å². The molecule has 0 heterocycles. The molecule has 0 aliphatic rings. The summed E-state index contributed by atoms with van der Waals surface area (Å²) in [7, 11) is 5.37. The predicted octanol–water partition coefficient (Wildman–Crippen LogP) is 9.46. The van der Waals surface area contributed by atoms with E-state index in [2.05, 4.69) is 86.8 Å². The number of likely N-dealkylation sites (N-methyl/N-ethyl adjacent to an activating group) is 1. The van der Waals surface area contributed by atoms with Crippen molar-refractivity contribution in [2.45, 2.75) is 154 Å². The zero-order valence-corrected chi connectivity index (χ0v) is 34.2. The molecule has 0 fully saturated rings. The van der Waals surface area contributed by atoms with Crippen LogP contribution in [0.15, 0.2) is 72.9 Å². The van der Waals surface area contributed by atoms with Gasteiger partial charge in [0.15, 0.2) is 6.10 Å². The first-order valence-electron chi connectivity index (χ1n) is 20.5. The van der Waals surface area contributed by atoms with Crippen molar-refractivity contribution >= 4 is 17.9 Å². The minimum absolute atomic E-state index is 0.0154. The van der Waals surface area contributed by atoms with Gasteiger partial charge in [0.25, 0.3) is 0 Å². The summed E-state index contributed by atoms with van der Waals surface area (Å²) in [6.45, 7) is 4.42. The summed E-state index contributed by atoms with van der Waals surface area (Å²) < 4.78 is 17.1. The minimum Gasteiger partial charge on any atom is -0.544 e. The van der Waals surface area contributed by atoms with Crippen LogP contribution in [0, 0.1) is 0 Å². The Kier molecular flexibility index (Phi) is 33.6. The van der Waals surface area contributed by atoms with E-state index in [9.17, 15) is 19.5 Å². The van der Waals surface area contributed by atoms with Gasteiger partial charge < -0.3 is 28.6 Å². The van der Waals surface area contributed by atoms with Crippen molar-refractivity contribution < 1.29 is 38.2 Å². The standard InChI is InChI=1S/C45H75NO7/c1-6-8-10-12-14-16-18-20-22-24-26-28-30-32-34-36-44(48)53-41(39-51-38-37-42(45(49)50)46(3,4)5)40-52-43(47)35-33-31-29-27-25-23-21-19-17-15-13-11-9-7-2/h8,10,13-16,19-22,26,28,41-42H,6-7,9,11-12,17-18,23-25,27,29-40H2,1-5H3/b10-8-,15-13-,16-14-,21-19-,22-20-,28-26-. The van der Waals surface area contributed by atoms with E-state index in [0.717, 1.165) is 83.5 Å². The van der Waals surface area contributed by atoms with Gasteiger partial charge in [-0.2, -0.15) is 0 Å². The summed E-state index contributed by atoms with van der Waals surface area (Å²) in [5.41, 5.74) is 0. The first-order chi connectivity index (χ1) is 25.6. The monoisotopic (exact) mass is 742 g/mol. The van der Waals surface area contributed by atoms with Crippen molar-refractivity contribution in [3.05, 3.63) is 72.9 Å². The van der Waals surface area contributed by atoms with Gasteiger partial charge in [-0.05, 0) is 77.0 Å². The molecule has 0 spiro atoms. The number of carboxylic acid groups (broad SMARTS) is 1. The van der Waals surface area contributed by atoms with E-state index in [1.165, 1.54) is 19.3 Å². The van der Waals surface area contributed by atoms with Crippen molar-refractivity contribution in [3.63, 3.8) is 0 Å². The van der Waals surface area contributed by atoms with Gasteiger partial charge in [0.05, 0.1) is 40.3 Å². The largest absolute Gasteiger partial charge is 0.544 e. The topological polar surface area (TPSA) is 102 Å². The molecule has 8 heteroatoms. The summed E-state index contributed by atoms with van der Waals surface area (Å²) >= 11 is 0. The second-order valence-corrected chi connectivity index (χ2v) is 14.5. The number of unbranched alkanes of at least 4 members (excludes halogenated alkanes) is 9. The summed E-state index contributed by atoms with van der Waals surface area (Å²) in [4.78, 5) is 36.7. The van der Waals surface area contributed by atoms with Crippen molar-refractivity contribution in [2.24, 2.45) is 0 Å². The number of carbonyl (C=O) groups is 3. The van der Waals surface area contributed by atoms with E-state index in [4.69, 9.17) is 14.2 Å². The molecule has 0 saturated heterocycles. The second kappa shape index (κ2) is 35.8. The number of esters is 2. The lowest BCUT2D eigenvalue weighted by atomic mass is 10.1. The molecule has 0 amide bonds. The Balaban J connectivity index is 4.50. The third-order valence-corrected chi connectivity index (χ3v) is 8.58. The van der Waals surface area contributed by atoms with Gasteiger partial charge in [0, 0.05) is 19.3 Å². The summed E-state index contributed by atoms with van der Waals surface area (Å²) in [5, 5.41) is 11.6. The number of aliphatic carboxylic acids is 1. The maximum Gasteiger partial charge on any atom is 0.306 e. The van der Waals surface area contributed by atoms with Crippen LogP contribution in [-0.2, 0) is 28.6 Å². The number of carbonyl (C=O) groups excluding carboxylic acids is 3. The average Bonchev–Trinajstić information content (AvgIpc) is 3.11. The van der Waals surface area contributed by atoms with Crippen LogP contribution in [-0.4, -0.2) is 75.5 Å². The van der Waals surface area contributed by atoms with Crippen molar-refractivity contribution in [1.29, 1.82) is 0 Å². The van der Waals surface area contributed by atoms with Crippen LogP contribution in [0.1, 0.15) is 142 Å². The molecule has 0 aromatic heterocycles. The lowest BCUT2D eigenvalue weighted by Crippen LogP contribution is -2.55. The quantitative estimate of drug-likeness (QED) is 0.0276. The second-order valence-electron chi connectivity index (χ2n) is 14.5. The predicted molar refractivity (Wildman–Crippen MR) is 217 cm³/mol. The number of allylic oxidation sites excluding steroid dienone is 12. The Morgan fingerprint density at radius 1 is 0.585 bits per heavy atom. The lowest BCUT2D eigenvalue weighted by Gasteiger charge is -2.34. The number of quaternary nitrogens is 1. The fourth-order valence-corrected chi connectivity index (χ4v) is 5.37. The van der Waals surface area contributed by atoms with Gasteiger partial charge in [-0.25, -0.2) is 0 Å². The number of carboxylic acids is 1. The Bertz CT molecular complexity index is 1100. The van der Waals surface area contributed by atoms with E-state index in [-0.39, 0.29) is 49.1 Å². The van der Waals surface area contributed by atoms with Crippen LogP contribution in [0.3, 0.4) is 0 Å². The molecule has 0 aliphatic heterocycles. The molecular formula is C45H75NO7. The molecule has 0 bridgehead atoms. The average molecular weight is 742 g/mol. The highest BCUT2D eigenvalue weighted by molar-refractivity contribution is 5.70.